The number of rotatable bonds is 1. The zero-order valence-electron chi connectivity index (χ0n) is 16.4. The molecule has 5 nitrogen and oxygen atoms in total. The van der Waals surface area contributed by atoms with E-state index in [0.717, 1.165) is 11.1 Å². The van der Waals surface area contributed by atoms with Gasteiger partial charge in [-0.2, -0.15) is 0 Å². The summed E-state index contributed by atoms with van der Waals surface area (Å²) in [4.78, 5) is 43.3. The minimum absolute atomic E-state index is 0.0546. The number of nitrogens with zero attached hydrogens (tertiary/aromatic N) is 2. The van der Waals surface area contributed by atoms with Gasteiger partial charge in [-0.1, -0.05) is 56.6 Å². The van der Waals surface area contributed by atoms with Crippen LogP contribution in [-0.4, -0.2) is 22.6 Å². The maximum absolute atomic E-state index is 13.4. The lowest BCUT2D eigenvalue weighted by Gasteiger charge is -2.32. The zero-order chi connectivity index (χ0) is 20.7. The number of benzene rings is 2. The maximum atomic E-state index is 13.4. The number of carbonyl (C=O) groups excluding carboxylic acids is 3. The highest BCUT2D eigenvalue weighted by Gasteiger charge is 2.68. The topological polar surface area (TPSA) is 57.7 Å². The van der Waals surface area contributed by atoms with Crippen LogP contribution in [0, 0.1) is 17.3 Å². The molecule has 29 heavy (non-hydrogen) atoms. The molecule has 3 amide bonds. The second kappa shape index (κ2) is 5.92. The van der Waals surface area contributed by atoms with Crippen molar-refractivity contribution < 1.29 is 14.4 Å². The number of fused-ring (bicyclic) bond motifs is 8. The largest absolute Gasteiger partial charge is 0.326 e. The fraction of sp³-hybridized carbons (Fsp3) is 0.348. The van der Waals surface area contributed by atoms with Gasteiger partial charge in [-0.15, -0.1) is 0 Å². The standard InChI is InChI=1S/C23H21ClN2O3/c1-23(2,3)22(29)26-18-14-10-9-12(24)11-15(14)19(26)17-16(18)20(27)25(21(17)28)13-7-5-4-6-8-13/h4-11,16-19H,1-3H3. The molecule has 0 radical (unpaired) electrons. The van der Waals surface area contributed by atoms with Gasteiger partial charge in [0, 0.05) is 10.4 Å². The van der Waals surface area contributed by atoms with Gasteiger partial charge in [0.05, 0.1) is 29.6 Å². The van der Waals surface area contributed by atoms with Crippen molar-refractivity contribution in [3.8, 4) is 0 Å². The number of halogens is 1. The smallest absolute Gasteiger partial charge is 0.240 e. The van der Waals surface area contributed by atoms with Gasteiger partial charge in [0.25, 0.3) is 0 Å². The molecule has 3 aliphatic heterocycles. The van der Waals surface area contributed by atoms with E-state index in [1.807, 2.05) is 51.1 Å². The number of carbonyl (C=O) groups is 3. The lowest BCUT2D eigenvalue weighted by Crippen LogP contribution is -2.42. The molecule has 3 aliphatic rings. The van der Waals surface area contributed by atoms with Crippen LogP contribution in [-0.2, 0) is 14.4 Å². The van der Waals surface area contributed by atoms with Crippen molar-refractivity contribution in [2.75, 3.05) is 4.90 Å². The van der Waals surface area contributed by atoms with Crippen molar-refractivity contribution >= 4 is 35.0 Å². The fourth-order valence-corrected chi connectivity index (χ4v) is 5.31. The first-order chi connectivity index (χ1) is 13.7. The zero-order valence-corrected chi connectivity index (χ0v) is 17.2. The van der Waals surface area contributed by atoms with Crippen LogP contribution in [0.2, 0.25) is 5.02 Å². The molecule has 2 saturated heterocycles. The molecular weight excluding hydrogens is 388 g/mol. The van der Waals surface area contributed by atoms with Gasteiger partial charge >= 0.3 is 0 Å². The molecule has 0 N–H and O–H groups in total. The Hall–Kier alpha value is -2.66. The van der Waals surface area contributed by atoms with E-state index in [0.29, 0.717) is 10.7 Å². The summed E-state index contributed by atoms with van der Waals surface area (Å²) in [5.74, 6) is -1.67. The third-order valence-electron chi connectivity index (χ3n) is 6.25. The number of imide groups is 1. The Morgan fingerprint density at radius 2 is 1.48 bits per heavy atom. The van der Waals surface area contributed by atoms with Gasteiger partial charge in [0.1, 0.15) is 0 Å². The van der Waals surface area contributed by atoms with E-state index in [1.54, 1.807) is 23.1 Å². The number of hydrogen-bond donors (Lipinski definition) is 0. The van der Waals surface area contributed by atoms with E-state index in [4.69, 9.17) is 11.6 Å². The molecule has 2 bridgehead atoms. The van der Waals surface area contributed by atoms with Crippen LogP contribution in [0.1, 0.15) is 44.0 Å². The van der Waals surface area contributed by atoms with E-state index in [9.17, 15) is 14.4 Å². The van der Waals surface area contributed by atoms with Crippen LogP contribution >= 0.6 is 11.6 Å². The van der Waals surface area contributed by atoms with E-state index in [2.05, 4.69) is 0 Å². The number of para-hydroxylation sites is 1. The number of anilines is 1. The van der Waals surface area contributed by atoms with Gasteiger partial charge in [-0.25, -0.2) is 4.90 Å². The molecule has 4 atom stereocenters. The summed E-state index contributed by atoms with van der Waals surface area (Å²) in [6.07, 6.45) is 0. The summed E-state index contributed by atoms with van der Waals surface area (Å²) in [5.41, 5.74) is 1.77. The fourth-order valence-electron chi connectivity index (χ4n) is 5.13. The van der Waals surface area contributed by atoms with Crippen LogP contribution in [0.15, 0.2) is 48.5 Å². The van der Waals surface area contributed by atoms with Gasteiger partial charge < -0.3 is 4.90 Å². The quantitative estimate of drug-likeness (QED) is 0.666. The lowest BCUT2D eigenvalue weighted by molar-refractivity contribution is -0.143. The molecule has 5 rings (SSSR count). The van der Waals surface area contributed by atoms with Crippen molar-refractivity contribution in [1.29, 1.82) is 0 Å². The van der Waals surface area contributed by atoms with Crippen molar-refractivity contribution in [3.05, 3.63) is 64.7 Å². The SMILES string of the molecule is CC(C)(C)C(=O)N1C2c3ccc(Cl)cc3C1C1C(=O)N(c3ccccc3)C(=O)C12. The number of amides is 3. The molecule has 0 saturated carbocycles. The predicted molar refractivity (Wildman–Crippen MR) is 109 cm³/mol. The first-order valence-corrected chi connectivity index (χ1v) is 10.1. The van der Waals surface area contributed by atoms with Crippen molar-refractivity contribution in [2.45, 2.75) is 32.9 Å². The summed E-state index contributed by atoms with van der Waals surface area (Å²) in [7, 11) is 0. The van der Waals surface area contributed by atoms with E-state index in [-0.39, 0.29) is 17.7 Å². The van der Waals surface area contributed by atoms with Crippen LogP contribution in [0.5, 0.6) is 0 Å². The average molecular weight is 409 g/mol. The van der Waals surface area contributed by atoms with Crippen LogP contribution in [0.25, 0.3) is 0 Å². The molecule has 2 fully saturated rings. The maximum Gasteiger partial charge on any atom is 0.240 e. The van der Waals surface area contributed by atoms with E-state index in [1.165, 1.54) is 4.90 Å². The molecule has 2 aromatic rings. The average Bonchev–Trinajstić information content (AvgIpc) is 3.26. The molecule has 0 spiro atoms. The summed E-state index contributed by atoms with van der Waals surface area (Å²) in [5, 5.41) is 0.563. The Labute approximate surface area is 174 Å². The molecule has 3 heterocycles. The lowest BCUT2D eigenvalue weighted by atomic mass is 9.77. The normalized spacial score (nSPS) is 27.4. The highest BCUT2D eigenvalue weighted by Crippen LogP contribution is 2.63. The highest BCUT2D eigenvalue weighted by molar-refractivity contribution is 6.30. The van der Waals surface area contributed by atoms with Crippen molar-refractivity contribution in [3.63, 3.8) is 0 Å². The molecule has 0 aromatic heterocycles. The van der Waals surface area contributed by atoms with Crippen LogP contribution < -0.4 is 4.90 Å². The molecular formula is C23H21ClN2O3. The molecule has 4 unspecified atom stereocenters. The third-order valence-corrected chi connectivity index (χ3v) is 6.49. The summed E-state index contributed by atoms with van der Waals surface area (Å²) >= 11 is 6.24. The predicted octanol–water partition coefficient (Wildman–Crippen LogP) is 4.13. The Balaban J connectivity index is 1.66. The summed E-state index contributed by atoms with van der Waals surface area (Å²) < 4.78 is 0. The molecule has 6 heteroatoms. The first kappa shape index (κ1) is 18.4. The van der Waals surface area contributed by atoms with E-state index < -0.39 is 29.3 Å². The van der Waals surface area contributed by atoms with Crippen LogP contribution in [0.4, 0.5) is 5.69 Å². The van der Waals surface area contributed by atoms with Gasteiger partial charge in [0.2, 0.25) is 17.7 Å². The minimum Gasteiger partial charge on any atom is -0.326 e. The second-order valence-electron chi connectivity index (χ2n) is 9.02. The van der Waals surface area contributed by atoms with Crippen molar-refractivity contribution in [1.82, 2.24) is 4.90 Å². The van der Waals surface area contributed by atoms with E-state index >= 15 is 0 Å². The summed E-state index contributed by atoms with van der Waals surface area (Å²) in [6, 6.07) is 13.6. The Kier molecular flexibility index (Phi) is 3.75. The monoisotopic (exact) mass is 408 g/mol. The van der Waals surface area contributed by atoms with Gasteiger partial charge in [-0.3, -0.25) is 14.4 Å². The van der Waals surface area contributed by atoms with Crippen molar-refractivity contribution in [2.24, 2.45) is 17.3 Å². The molecule has 148 valence electrons. The molecule has 0 aliphatic carbocycles. The minimum atomic E-state index is -0.619. The highest BCUT2D eigenvalue weighted by atomic mass is 35.5. The van der Waals surface area contributed by atoms with Crippen LogP contribution in [0.3, 0.4) is 0 Å². The molecule has 2 aromatic carbocycles. The summed E-state index contributed by atoms with van der Waals surface area (Å²) in [6.45, 7) is 5.58. The van der Waals surface area contributed by atoms with Gasteiger partial charge in [0.15, 0.2) is 0 Å². The Morgan fingerprint density at radius 1 is 0.897 bits per heavy atom. The Bertz CT molecular complexity index is 1060. The second-order valence-corrected chi connectivity index (χ2v) is 9.46. The van der Waals surface area contributed by atoms with Gasteiger partial charge in [-0.05, 0) is 35.4 Å². The Morgan fingerprint density at radius 3 is 2.07 bits per heavy atom. The first-order valence-electron chi connectivity index (χ1n) is 9.77. The number of hydrogen-bond acceptors (Lipinski definition) is 3. The third kappa shape index (κ3) is 2.37.